The lowest BCUT2D eigenvalue weighted by molar-refractivity contribution is -0.792. The van der Waals surface area contributed by atoms with E-state index in [2.05, 4.69) is 199 Å². The average molecular weight is 711 g/mol. The third-order valence-electron chi connectivity index (χ3n) is 11.4. The number of anilines is 2. The second-order valence-electron chi connectivity index (χ2n) is 14.4. The zero-order valence-corrected chi connectivity index (χ0v) is 30.3. The lowest BCUT2D eigenvalue weighted by atomic mass is 9.86. The molecule has 4 unspecified atom stereocenters. The highest BCUT2D eigenvalue weighted by Crippen LogP contribution is 2.50. The van der Waals surface area contributed by atoms with E-state index in [0.29, 0.717) is 0 Å². The summed E-state index contributed by atoms with van der Waals surface area (Å²) in [7, 11) is 0. The van der Waals surface area contributed by atoms with Gasteiger partial charge >= 0.3 is 0 Å². The monoisotopic (exact) mass is 710 g/mol. The number of hydrogen-bond acceptors (Lipinski definition) is 3. The van der Waals surface area contributed by atoms with Crippen molar-refractivity contribution in [3.63, 3.8) is 0 Å². The summed E-state index contributed by atoms with van der Waals surface area (Å²) in [5.74, 6) is 1.36. The van der Waals surface area contributed by atoms with Gasteiger partial charge in [0.05, 0.1) is 11.6 Å². The topological polar surface area (TPSA) is 20.0 Å². The first-order valence-corrected chi connectivity index (χ1v) is 19.6. The molecule has 4 atom stereocenters. The van der Waals surface area contributed by atoms with Crippen LogP contribution in [0.4, 0.5) is 17.1 Å². The maximum atomic E-state index is 5.15. The third-order valence-corrected chi connectivity index (χ3v) is 12.7. The molecule has 0 radical (unpaired) electrons. The molecule has 3 heterocycles. The molecule has 1 aliphatic carbocycles. The summed E-state index contributed by atoms with van der Waals surface area (Å²) < 4.78 is 2.69. The zero-order valence-electron chi connectivity index (χ0n) is 29.5. The van der Waals surface area contributed by atoms with Gasteiger partial charge in [-0.3, -0.25) is 0 Å². The average Bonchev–Trinajstić information content (AvgIpc) is 3.78. The summed E-state index contributed by atoms with van der Waals surface area (Å²) in [6.07, 6.45) is 7.34. The van der Waals surface area contributed by atoms with Crippen LogP contribution in [-0.2, 0) is 0 Å². The van der Waals surface area contributed by atoms with E-state index in [0.717, 1.165) is 11.4 Å². The Morgan fingerprint density at radius 1 is 0.556 bits per heavy atom. The molecule has 54 heavy (non-hydrogen) atoms. The third kappa shape index (κ3) is 4.95. The number of nitrogens with zero attached hydrogens (tertiary/aromatic N) is 2. The van der Waals surface area contributed by atoms with E-state index in [9.17, 15) is 0 Å². The number of allylic oxidation sites excluding steroid dienone is 2. The molecular formula is C50H36N3S+. The number of para-hydroxylation sites is 1. The Balaban J connectivity index is 0.982. The van der Waals surface area contributed by atoms with Crippen molar-refractivity contribution in [2.24, 2.45) is 4.99 Å². The number of benzene rings is 7. The highest BCUT2D eigenvalue weighted by molar-refractivity contribution is 7.26. The first-order chi connectivity index (χ1) is 26.8. The first kappa shape index (κ1) is 31.2. The van der Waals surface area contributed by atoms with Gasteiger partial charge in [0, 0.05) is 55.2 Å². The van der Waals surface area contributed by atoms with Crippen molar-refractivity contribution in [1.29, 1.82) is 0 Å². The molecule has 3 nitrogen and oxygen atoms in total. The summed E-state index contributed by atoms with van der Waals surface area (Å²) in [5.41, 5.74) is 12.6. The molecular weight excluding hydrogens is 675 g/mol. The second kappa shape index (κ2) is 12.7. The SMILES string of the molecule is C1=CC2c3ccccc3N(c3ccc([NH+]4C(c5ccccc5)=NC4c4ccccc4)cc3)C2C=C1c1cccc2c1sc1c(-c3ccccc3)cccc12. The smallest absolute Gasteiger partial charge is 0.241 e. The maximum absolute atomic E-state index is 5.15. The summed E-state index contributed by atoms with van der Waals surface area (Å²) in [6.45, 7) is 0. The number of thiophene rings is 1. The van der Waals surface area contributed by atoms with Crippen molar-refractivity contribution in [3.8, 4) is 11.1 Å². The van der Waals surface area contributed by atoms with Crippen molar-refractivity contribution in [2.45, 2.75) is 18.1 Å². The summed E-state index contributed by atoms with van der Waals surface area (Å²) >= 11 is 1.92. The van der Waals surface area contributed by atoms with Crippen molar-refractivity contribution in [3.05, 3.63) is 216 Å². The van der Waals surface area contributed by atoms with Crippen LogP contribution in [0.3, 0.4) is 0 Å². The minimum absolute atomic E-state index is 0.0264. The van der Waals surface area contributed by atoms with Crippen molar-refractivity contribution in [2.75, 3.05) is 4.90 Å². The molecule has 11 rings (SSSR count). The van der Waals surface area contributed by atoms with E-state index in [1.165, 1.54) is 75.5 Å². The normalized spacial score (nSPS) is 20.0. The zero-order chi connectivity index (χ0) is 35.6. The van der Waals surface area contributed by atoms with Crippen LogP contribution < -0.4 is 9.80 Å². The molecule has 0 bridgehead atoms. The van der Waals surface area contributed by atoms with E-state index in [-0.39, 0.29) is 18.1 Å². The number of amidine groups is 1. The van der Waals surface area contributed by atoms with Gasteiger partial charge in [-0.15, -0.1) is 11.3 Å². The molecule has 0 spiro atoms. The second-order valence-corrected chi connectivity index (χ2v) is 15.4. The quantitative estimate of drug-likeness (QED) is 0.182. The molecule has 1 N–H and O–H groups in total. The number of rotatable bonds is 6. The van der Waals surface area contributed by atoms with Crippen molar-refractivity contribution >= 4 is 60.0 Å². The lowest BCUT2D eigenvalue weighted by Crippen LogP contribution is -3.14. The lowest BCUT2D eigenvalue weighted by Gasteiger charge is -2.34. The van der Waals surface area contributed by atoms with E-state index in [4.69, 9.17) is 4.99 Å². The Morgan fingerprint density at radius 3 is 1.93 bits per heavy atom. The van der Waals surface area contributed by atoms with Crippen LogP contribution in [0.5, 0.6) is 0 Å². The fourth-order valence-electron chi connectivity index (χ4n) is 8.85. The van der Waals surface area contributed by atoms with Crippen LogP contribution in [0.15, 0.2) is 199 Å². The molecule has 0 saturated carbocycles. The molecule has 1 aromatic heterocycles. The highest BCUT2D eigenvalue weighted by atomic mass is 32.1. The van der Waals surface area contributed by atoms with E-state index in [1.54, 1.807) is 0 Å². The van der Waals surface area contributed by atoms with E-state index >= 15 is 0 Å². The van der Waals surface area contributed by atoms with Gasteiger partial charge in [-0.2, -0.15) is 4.99 Å². The van der Waals surface area contributed by atoms with Crippen LogP contribution >= 0.6 is 11.3 Å². The van der Waals surface area contributed by atoms with Gasteiger partial charge < -0.3 is 4.90 Å². The maximum Gasteiger partial charge on any atom is 0.241 e. The van der Waals surface area contributed by atoms with E-state index < -0.39 is 0 Å². The molecule has 0 fully saturated rings. The number of quaternary nitrogens is 1. The fraction of sp³-hybridized carbons (Fsp3) is 0.0600. The minimum Gasteiger partial charge on any atom is -0.333 e. The van der Waals surface area contributed by atoms with Gasteiger partial charge in [-0.05, 0) is 58.2 Å². The summed E-state index contributed by atoms with van der Waals surface area (Å²) in [5, 5.41) is 2.65. The number of fused-ring (bicyclic) bond motifs is 6. The van der Waals surface area contributed by atoms with Gasteiger partial charge in [0.25, 0.3) is 0 Å². The molecule has 2 aliphatic heterocycles. The molecule has 256 valence electrons. The van der Waals surface area contributed by atoms with E-state index in [1.807, 2.05) is 11.3 Å². The first-order valence-electron chi connectivity index (χ1n) is 18.7. The molecule has 0 saturated heterocycles. The summed E-state index contributed by atoms with van der Waals surface area (Å²) in [6, 6.07) is 63.9. The fourth-order valence-corrected chi connectivity index (χ4v) is 10.2. The van der Waals surface area contributed by atoms with Gasteiger partial charge in [0.15, 0.2) is 0 Å². The number of aliphatic imine (C=N–C) groups is 1. The largest absolute Gasteiger partial charge is 0.333 e. The standard InChI is InChI=1S/C50H35N3S/c1-4-14-33(15-5-1)39-21-12-23-43-44-24-13-22-40(48(44)54-47(39)43)36-26-31-42-41-20-10-11-25-45(41)52(46(42)32-36)37-27-29-38(30-28-37)53-49(34-16-6-2-7-17-34)51-50(53)35-18-8-3-9-19-35/h1-32,42,46,49H/p+1. The Morgan fingerprint density at radius 2 is 1.19 bits per heavy atom. The number of nitrogens with one attached hydrogen (secondary N) is 1. The van der Waals surface area contributed by atoms with Crippen LogP contribution in [-0.4, -0.2) is 11.9 Å². The Labute approximate surface area is 319 Å². The van der Waals surface area contributed by atoms with Crippen molar-refractivity contribution < 1.29 is 4.90 Å². The van der Waals surface area contributed by atoms with Crippen molar-refractivity contribution in [1.82, 2.24) is 0 Å². The van der Waals surface area contributed by atoms with Gasteiger partial charge in [-0.1, -0.05) is 152 Å². The Bertz CT molecular complexity index is 2780. The van der Waals surface area contributed by atoms with Gasteiger partial charge in [-0.25, -0.2) is 4.90 Å². The number of hydrogen-bond donors (Lipinski definition) is 1. The molecule has 4 heteroatoms. The predicted molar refractivity (Wildman–Crippen MR) is 226 cm³/mol. The molecule has 3 aliphatic rings. The summed E-state index contributed by atoms with van der Waals surface area (Å²) in [4.78, 5) is 8.99. The van der Waals surface area contributed by atoms with Gasteiger partial charge in [0.2, 0.25) is 12.0 Å². The minimum atomic E-state index is 0.0264. The van der Waals surface area contributed by atoms with Crippen LogP contribution in [0, 0.1) is 0 Å². The molecule has 8 aromatic rings. The van der Waals surface area contributed by atoms with Crippen LogP contribution in [0.1, 0.15) is 34.3 Å². The van der Waals surface area contributed by atoms with Crippen LogP contribution in [0.25, 0.3) is 36.9 Å². The predicted octanol–water partition coefficient (Wildman–Crippen LogP) is 11.7. The Kier molecular flexibility index (Phi) is 7.32. The molecule has 0 amide bonds. The van der Waals surface area contributed by atoms with Crippen LogP contribution in [0.2, 0.25) is 0 Å². The molecule has 7 aromatic carbocycles. The van der Waals surface area contributed by atoms with Gasteiger partial charge in [0.1, 0.15) is 5.69 Å². The highest BCUT2D eigenvalue weighted by Gasteiger charge is 2.42. The Hall–Kier alpha value is -6.33.